The number of nitriles is 1. The van der Waals surface area contributed by atoms with Crippen molar-refractivity contribution in [2.75, 3.05) is 6.61 Å². The Hall–Kier alpha value is -3.56. The molecule has 0 N–H and O–H groups in total. The van der Waals surface area contributed by atoms with Gasteiger partial charge in [0.25, 0.3) is 0 Å². The zero-order valence-corrected chi connectivity index (χ0v) is 18.2. The van der Waals surface area contributed by atoms with Crippen molar-refractivity contribution in [2.24, 2.45) is 0 Å². The number of rotatable bonds is 8. The third-order valence-electron chi connectivity index (χ3n) is 4.53. The lowest BCUT2D eigenvalue weighted by Crippen LogP contribution is -2.04. The van der Waals surface area contributed by atoms with Crippen molar-refractivity contribution in [1.29, 1.82) is 5.26 Å². The first-order valence-corrected chi connectivity index (χ1v) is 11.3. The van der Waals surface area contributed by atoms with E-state index >= 15 is 0 Å². The van der Waals surface area contributed by atoms with Gasteiger partial charge in [0, 0.05) is 0 Å². The van der Waals surface area contributed by atoms with Gasteiger partial charge in [-0.3, -0.25) is 0 Å². The highest BCUT2D eigenvalue weighted by molar-refractivity contribution is 7.95. The Morgan fingerprint density at radius 2 is 1.68 bits per heavy atom. The molecule has 3 aromatic rings. The molecule has 0 amide bonds. The molecular formula is C25H23NO4S. The van der Waals surface area contributed by atoms with Crippen molar-refractivity contribution in [3.63, 3.8) is 0 Å². The molecule has 0 saturated heterocycles. The van der Waals surface area contributed by atoms with Crippen molar-refractivity contribution >= 4 is 15.9 Å². The van der Waals surface area contributed by atoms with Crippen LogP contribution in [-0.4, -0.2) is 15.0 Å². The van der Waals surface area contributed by atoms with E-state index in [2.05, 4.69) is 0 Å². The molecule has 0 heterocycles. The number of hydrogen-bond acceptors (Lipinski definition) is 5. The van der Waals surface area contributed by atoms with Gasteiger partial charge in [-0.2, -0.15) is 5.26 Å². The Labute approximate surface area is 183 Å². The largest absolute Gasteiger partial charge is 0.490 e. The van der Waals surface area contributed by atoms with Gasteiger partial charge in [0.05, 0.1) is 11.5 Å². The molecule has 0 saturated carbocycles. The predicted octanol–water partition coefficient (Wildman–Crippen LogP) is 5.31. The average molecular weight is 434 g/mol. The van der Waals surface area contributed by atoms with Crippen molar-refractivity contribution < 1.29 is 17.9 Å². The molecule has 31 heavy (non-hydrogen) atoms. The maximum absolute atomic E-state index is 12.9. The van der Waals surface area contributed by atoms with Gasteiger partial charge >= 0.3 is 0 Å². The molecule has 0 radical (unpaired) electrons. The summed E-state index contributed by atoms with van der Waals surface area (Å²) in [5.74, 6) is 1.03. The summed E-state index contributed by atoms with van der Waals surface area (Å²) in [6, 6.07) is 23.1. The third kappa shape index (κ3) is 5.53. The number of aryl methyl sites for hydroxylation is 1. The van der Waals surface area contributed by atoms with Gasteiger partial charge in [0.1, 0.15) is 17.6 Å². The summed E-state index contributed by atoms with van der Waals surface area (Å²) in [5.41, 5.74) is 2.49. The smallest absolute Gasteiger partial charge is 0.216 e. The van der Waals surface area contributed by atoms with E-state index < -0.39 is 9.84 Å². The van der Waals surface area contributed by atoms with Crippen LogP contribution in [0.1, 0.15) is 23.6 Å². The van der Waals surface area contributed by atoms with Crippen molar-refractivity contribution in [3.05, 3.63) is 94.4 Å². The number of allylic oxidation sites excluding steroid dienone is 1. The standard InChI is InChI=1S/C25H23NO4S/c1-3-29-25-16-21(11-14-24(25)30-18-20-7-5-4-6-8-20)15-23(17-26)31(27,28)22-12-9-19(2)10-13-22/h4-16H,3,18H2,1-2H3. The summed E-state index contributed by atoms with van der Waals surface area (Å²) in [6.45, 7) is 4.52. The van der Waals surface area contributed by atoms with Crippen LogP contribution < -0.4 is 9.47 Å². The van der Waals surface area contributed by atoms with Crippen LogP contribution in [0, 0.1) is 18.3 Å². The minimum absolute atomic E-state index is 0.0822. The zero-order chi connectivity index (χ0) is 22.3. The fourth-order valence-electron chi connectivity index (χ4n) is 2.90. The minimum Gasteiger partial charge on any atom is -0.490 e. The van der Waals surface area contributed by atoms with E-state index in [0.717, 1.165) is 11.1 Å². The van der Waals surface area contributed by atoms with Crippen LogP contribution in [-0.2, 0) is 16.4 Å². The van der Waals surface area contributed by atoms with Crippen molar-refractivity contribution in [3.8, 4) is 17.6 Å². The van der Waals surface area contributed by atoms with Gasteiger partial charge in [0.2, 0.25) is 9.84 Å². The summed E-state index contributed by atoms with van der Waals surface area (Å²) >= 11 is 0. The summed E-state index contributed by atoms with van der Waals surface area (Å²) in [5, 5.41) is 9.52. The van der Waals surface area contributed by atoms with Gasteiger partial charge in [-0.05, 0) is 55.3 Å². The van der Waals surface area contributed by atoms with E-state index in [4.69, 9.17) is 9.47 Å². The molecule has 0 unspecified atom stereocenters. The quantitative estimate of drug-likeness (QED) is 0.450. The van der Waals surface area contributed by atoms with Crippen molar-refractivity contribution in [1.82, 2.24) is 0 Å². The molecule has 6 heteroatoms. The van der Waals surface area contributed by atoms with Crippen molar-refractivity contribution in [2.45, 2.75) is 25.3 Å². The average Bonchev–Trinajstić information content (AvgIpc) is 2.78. The van der Waals surface area contributed by atoms with Crippen LogP contribution in [0.3, 0.4) is 0 Å². The predicted molar refractivity (Wildman–Crippen MR) is 120 cm³/mol. The van der Waals surface area contributed by atoms with Gasteiger partial charge in [0.15, 0.2) is 11.5 Å². The maximum atomic E-state index is 12.9. The molecule has 0 aliphatic rings. The molecular weight excluding hydrogens is 410 g/mol. The van der Waals surface area contributed by atoms with E-state index in [1.807, 2.05) is 50.2 Å². The molecule has 3 rings (SSSR count). The molecule has 0 fully saturated rings. The fraction of sp³-hybridized carbons (Fsp3) is 0.160. The first-order valence-electron chi connectivity index (χ1n) is 9.81. The van der Waals surface area contributed by atoms with Crippen LogP contribution in [0.2, 0.25) is 0 Å². The molecule has 5 nitrogen and oxygen atoms in total. The monoisotopic (exact) mass is 433 g/mol. The summed E-state index contributed by atoms with van der Waals surface area (Å²) in [4.78, 5) is -0.254. The Morgan fingerprint density at radius 1 is 0.968 bits per heavy atom. The second kappa shape index (κ2) is 9.96. The molecule has 0 aliphatic heterocycles. The number of nitrogens with zero attached hydrogens (tertiary/aromatic N) is 1. The topological polar surface area (TPSA) is 76.4 Å². The molecule has 158 valence electrons. The minimum atomic E-state index is -3.92. The van der Waals surface area contributed by atoms with Gasteiger partial charge in [-0.25, -0.2) is 8.42 Å². The molecule has 3 aromatic carbocycles. The first kappa shape index (κ1) is 22.1. The van der Waals surface area contributed by atoms with E-state index in [-0.39, 0.29) is 9.80 Å². The molecule has 0 spiro atoms. The SMILES string of the molecule is CCOc1cc(C=C(C#N)S(=O)(=O)c2ccc(C)cc2)ccc1OCc1ccccc1. The lowest BCUT2D eigenvalue weighted by molar-refractivity contribution is 0.269. The Morgan fingerprint density at radius 3 is 2.32 bits per heavy atom. The Balaban J connectivity index is 1.90. The number of ether oxygens (including phenoxy) is 2. The van der Waals surface area contributed by atoms with Crippen LogP contribution >= 0.6 is 0 Å². The van der Waals surface area contributed by atoms with E-state index in [0.29, 0.717) is 30.3 Å². The number of benzene rings is 3. The highest BCUT2D eigenvalue weighted by atomic mass is 32.2. The van der Waals surface area contributed by atoms with Crippen LogP contribution in [0.15, 0.2) is 82.6 Å². The lowest BCUT2D eigenvalue weighted by atomic mass is 10.2. The van der Waals surface area contributed by atoms with Crippen LogP contribution in [0.5, 0.6) is 11.5 Å². The molecule has 0 atom stereocenters. The highest BCUT2D eigenvalue weighted by Gasteiger charge is 2.21. The second-order valence-corrected chi connectivity index (χ2v) is 8.77. The van der Waals surface area contributed by atoms with Crippen LogP contribution in [0.25, 0.3) is 6.08 Å². The Bertz CT molecular complexity index is 1210. The second-order valence-electron chi connectivity index (χ2n) is 6.85. The first-order chi connectivity index (χ1) is 14.9. The lowest BCUT2D eigenvalue weighted by Gasteiger charge is -2.13. The van der Waals surface area contributed by atoms with E-state index in [9.17, 15) is 13.7 Å². The van der Waals surface area contributed by atoms with Gasteiger partial charge in [-0.15, -0.1) is 0 Å². The van der Waals surface area contributed by atoms with Crippen LogP contribution in [0.4, 0.5) is 0 Å². The van der Waals surface area contributed by atoms with Gasteiger partial charge in [-0.1, -0.05) is 54.1 Å². The number of hydrogen-bond donors (Lipinski definition) is 0. The zero-order valence-electron chi connectivity index (χ0n) is 17.4. The molecule has 0 aromatic heterocycles. The third-order valence-corrected chi connectivity index (χ3v) is 6.21. The number of sulfone groups is 1. The van der Waals surface area contributed by atoms with E-state index in [1.54, 1.807) is 30.3 Å². The normalized spacial score (nSPS) is 11.6. The van der Waals surface area contributed by atoms with E-state index in [1.165, 1.54) is 18.2 Å². The summed E-state index contributed by atoms with van der Waals surface area (Å²) in [6.07, 6.45) is 1.35. The summed E-state index contributed by atoms with van der Waals surface area (Å²) in [7, 11) is -3.92. The molecule has 0 bridgehead atoms. The molecule has 0 aliphatic carbocycles. The maximum Gasteiger partial charge on any atom is 0.216 e. The highest BCUT2D eigenvalue weighted by Crippen LogP contribution is 2.31. The Kier molecular flexibility index (Phi) is 7.11. The fourth-order valence-corrected chi connectivity index (χ4v) is 4.06. The summed E-state index contributed by atoms with van der Waals surface area (Å²) < 4.78 is 37.3. The van der Waals surface area contributed by atoms with Gasteiger partial charge < -0.3 is 9.47 Å².